The van der Waals surface area contributed by atoms with E-state index in [1.54, 1.807) is 6.92 Å². The molecule has 0 aliphatic carbocycles. The van der Waals surface area contributed by atoms with Crippen molar-refractivity contribution in [2.45, 2.75) is 37.1 Å². The molecule has 1 heterocycles. The zero-order valence-corrected chi connectivity index (χ0v) is 13.5. The van der Waals surface area contributed by atoms with Crippen LogP contribution in [0.25, 0.3) is 0 Å². The van der Waals surface area contributed by atoms with Gasteiger partial charge in [-0.25, -0.2) is 8.42 Å². The number of nitro benzene ring substituents is 1. The zero-order chi connectivity index (χ0) is 17.0. The van der Waals surface area contributed by atoms with Gasteiger partial charge in [-0.05, 0) is 32.3 Å². The van der Waals surface area contributed by atoms with Crippen LogP contribution in [0.3, 0.4) is 0 Å². The van der Waals surface area contributed by atoms with Crippen molar-refractivity contribution in [1.82, 2.24) is 4.31 Å². The monoisotopic (exact) mass is 342 g/mol. The number of non-ortho nitro benzene ring substituents is 1. The van der Waals surface area contributed by atoms with E-state index in [4.69, 9.17) is 4.74 Å². The number of rotatable bonds is 5. The Morgan fingerprint density at radius 2 is 2.17 bits per heavy atom. The van der Waals surface area contributed by atoms with Crippen LogP contribution in [0.4, 0.5) is 5.69 Å². The molecule has 0 aromatic heterocycles. The van der Waals surface area contributed by atoms with Crippen LogP contribution in [0.15, 0.2) is 29.2 Å². The second-order valence-electron chi connectivity index (χ2n) is 5.13. The zero-order valence-electron chi connectivity index (χ0n) is 12.7. The van der Waals surface area contributed by atoms with E-state index < -0.39 is 27.0 Å². The van der Waals surface area contributed by atoms with Crippen molar-refractivity contribution in [3.63, 3.8) is 0 Å². The predicted molar refractivity (Wildman–Crippen MR) is 81.3 cm³/mol. The first-order valence-electron chi connectivity index (χ1n) is 7.31. The average Bonchev–Trinajstić information content (AvgIpc) is 2.55. The van der Waals surface area contributed by atoms with Crippen LogP contribution in [0.2, 0.25) is 0 Å². The Hall–Kier alpha value is -2.00. The lowest BCUT2D eigenvalue weighted by atomic mass is 10.1. The van der Waals surface area contributed by atoms with Crippen LogP contribution in [0.1, 0.15) is 26.2 Å². The van der Waals surface area contributed by atoms with E-state index in [0.717, 1.165) is 16.8 Å². The summed E-state index contributed by atoms with van der Waals surface area (Å²) in [6.45, 7) is 2.01. The number of carbonyl (C=O) groups excluding carboxylic acids is 1. The van der Waals surface area contributed by atoms with E-state index in [1.807, 2.05) is 0 Å². The molecular weight excluding hydrogens is 324 g/mol. The topological polar surface area (TPSA) is 107 Å². The molecule has 8 nitrogen and oxygen atoms in total. The first kappa shape index (κ1) is 17.4. The van der Waals surface area contributed by atoms with Gasteiger partial charge in [0.15, 0.2) is 0 Å². The van der Waals surface area contributed by atoms with Crippen molar-refractivity contribution in [3.05, 3.63) is 34.4 Å². The molecule has 1 aromatic rings. The highest BCUT2D eigenvalue weighted by Crippen LogP contribution is 2.27. The third-order valence-corrected chi connectivity index (χ3v) is 5.55. The maximum absolute atomic E-state index is 12.8. The summed E-state index contributed by atoms with van der Waals surface area (Å²) in [7, 11) is -4.00. The summed E-state index contributed by atoms with van der Waals surface area (Å²) in [5, 5.41) is 10.8. The largest absolute Gasteiger partial charge is 0.465 e. The molecule has 1 saturated heterocycles. The predicted octanol–water partition coefficient (Wildman–Crippen LogP) is 1.70. The van der Waals surface area contributed by atoms with Crippen LogP contribution < -0.4 is 0 Å². The Kier molecular flexibility index (Phi) is 5.32. The third kappa shape index (κ3) is 3.67. The number of ether oxygens (including phenoxy) is 1. The summed E-state index contributed by atoms with van der Waals surface area (Å²) >= 11 is 0. The van der Waals surface area contributed by atoms with Gasteiger partial charge in [-0.1, -0.05) is 6.07 Å². The summed E-state index contributed by atoms with van der Waals surface area (Å²) in [6, 6.07) is 3.95. The molecule has 0 radical (unpaired) electrons. The summed E-state index contributed by atoms with van der Waals surface area (Å²) in [5.74, 6) is -0.582. The fourth-order valence-corrected chi connectivity index (χ4v) is 4.25. The van der Waals surface area contributed by atoms with Gasteiger partial charge in [-0.3, -0.25) is 14.9 Å². The minimum absolute atomic E-state index is 0.167. The number of hydrogen-bond donors (Lipinski definition) is 0. The summed E-state index contributed by atoms with van der Waals surface area (Å²) in [4.78, 5) is 22.0. The Balaban J connectivity index is 2.38. The van der Waals surface area contributed by atoms with E-state index in [0.29, 0.717) is 12.8 Å². The molecule has 1 aromatic carbocycles. The van der Waals surface area contributed by atoms with Gasteiger partial charge in [0, 0.05) is 18.7 Å². The number of piperidine rings is 1. The van der Waals surface area contributed by atoms with Gasteiger partial charge in [0.25, 0.3) is 5.69 Å². The Morgan fingerprint density at radius 1 is 1.43 bits per heavy atom. The van der Waals surface area contributed by atoms with Crippen LogP contribution in [0.5, 0.6) is 0 Å². The van der Waals surface area contributed by atoms with E-state index in [9.17, 15) is 23.3 Å². The highest BCUT2D eigenvalue weighted by molar-refractivity contribution is 7.89. The smallest absolute Gasteiger partial charge is 0.324 e. The Morgan fingerprint density at radius 3 is 2.83 bits per heavy atom. The molecule has 1 aliphatic heterocycles. The fraction of sp³-hybridized carbons (Fsp3) is 0.500. The first-order chi connectivity index (χ1) is 10.9. The lowest BCUT2D eigenvalue weighted by molar-refractivity contribution is -0.385. The van der Waals surface area contributed by atoms with E-state index in [2.05, 4.69) is 0 Å². The van der Waals surface area contributed by atoms with Crippen LogP contribution in [-0.4, -0.2) is 42.8 Å². The lowest BCUT2D eigenvalue weighted by Crippen LogP contribution is -2.48. The van der Waals surface area contributed by atoms with Gasteiger partial charge in [0.2, 0.25) is 10.0 Å². The number of carbonyl (C=O) groups is 1. The van der Waals surface area contributed by atoms with Crippen molar-refractivity contribution in [2.24, 2.45) is 0 Å². The van der Waals surface area contributed by atoms with Crippen molar-refractivity contribution in [1.29, 1.82) is 0 Å². The first-order valence-corrected chi connectivity index (χ1v) is 8.75. The molecule has 0 N–H and O–H groups in total. The number of hydrogen-bond acceptors (Lipinski definition) is 6. The Bertz CT molecular complexity index is 703. The maximum atomic E-state index is 12.8. The van der Waals surface area contributed by atoms with Gasteiger partial charge >= 0.3 is 5.97 Å². The molecule has 0 bridgehead atoms. The molecule has 23 heavy (non-hydrogen) atoms. The molecule has 126 valence electrons. The molecule has 0 spiro atoms. The number of nitrogens with zero attached hydrogens (tertiary/aromatic N) is 2. The average molecular weight is 342 g/mol. The highest BCUT2D eigenvalue weighted by atomic mass is 32.2. The number of sulfonamides is 1. The highest BCUT2D eigenvalue weighted by Gasteiger charge is 2.38. The standard InChI is InChI=1S/C14H18N2O6S/c1-2-22-14(17)13-8-3-4-9-15(13)23(20,21)12-7-5-6-11(10-12)16(18)19/h5-7,10,13H,2-4,8-9H2,1H3. The summed E-state index contributed by atoms with van der Waals surface area (Å²) in [6.07, 6.45) is 1.74. The van der Waals surface area contributed by atoms with Crippen molar-refractivity contribution >= 4 is 21.7 Å². The fourth-order valence-electron chi connectivity index (χ4n) is 2.56. The van der Waals surface area contributed by atoms with E-state index >= 15 is 0 Å². The number of nitro groups is 1. The van der Waals surface area contributed by atoms with Crippen LogP contribution >= 0.6 is 0 Å². The van der Waals surface area contributed by atoms with E-state index in [-0.39, 0.29) is 23.7 Å². The second kappa shape index (κ2) is 7.05. The van der Waals surface area contributed by atoms with Gasteiger partial charge < -0.3 is 4.74 Å². The van der Waals surface area contributed by atoms with Crippen LogP contribution in [0, 0.1) is 10.1 Å². The minimum Gasteiger partial charge on any atom is -0.465 e. The van der Waals surface area contributed by atoms with Crippen molar-refractivity contribution in [3.8, 4) is 0 Å². The van der Waals surface area contributed by atoms with Gasteiger partial charge in [-0.15, -0.1) is 0 Å². The van der Waals surface area contributed by atoms with Gasteiger partial charge in [0.1, 0.15) is 6.04 Å². The normalized spacial score (nSPS) is 19.3. The van der Waals surface area contributed by atoms with Crippen molar-refractivity contribution in [2.75, 3.05) is 13.2 Å². The maximum Gasteiger partial charge on any atom is 0.324 e. The molecule has 0 saturated carbocycles. The molecule has 9 heteroatoms. The molecule has 0 amide bonds. The molecule has 2 rings (SSSR count). The van der Waals surface area contributed by atoms with Crippen LogP contribution in [-0.2, 0) is 19.6 Å². The molecule has 1 unspecified atom stereocenters. The Labute approximate surface area is 134 Å². The molecule has 1 fully saturated rings. The molecule has 1 aliphatic rings. The minimum atomic E-state index is -4.00. The van der Waals surface area contributed by atoms with Gasteiger partial charge in [-0.2, -0.15) is 4.31 Å². The van der Waals surface area contributed by atoms with E-state index in [1.165, 1.54) is 18.2 Å². The number of benzene rings is 1. The summed E-state index contributed by atoms with van der Waals surface area (Å²) < 4.78 is 31.6. The second-order valence-corrected chi connectivity index (χ2v) is 7.02. The molecule has 1 atom stereocenters. The molecular formula is C14H18N2O6S. The third-order valence-electron chi connectivity index (χ3n) is 3.65. The quantitative estimate of drug-likeness (QED) is 0.458. The van der Waals surface area contributed by atoms with Gasteiger partial charge in [0.05, 0.1) is 16.4 Å². The van der Waals surface area contributed by atoms with Crippen molar-refractivity contribution < 1.29 is 22.9 Å². The summed E-state index contributed by atoms with van der Waals surface area (Å²) in [5.41, 5.74) is -0.309. The lowest BCUT2D eigenvalue weighted by Gasteiger charge is -2.32. The SMILES string of the molecule is CCOC(=O)C1CCCCN1S(=O)(=O)c1cccc([N+](=O)[O-])c1. The number of esters is 1.